The van der Waals surface area contributed by atoms with E-state index in [0.717, 1.165) is 0 Å². The van der Waals surface area contributed by atoms with E-state index in [1.807, 2.05) is 0 Å². The second-order valence-corrected chi connectivity index (χ2v) is 0.548. The maximum atomic E-state index is 7.13. The molecule has 0 aliphatic carbocycles. The zero-order valence-electron chi connectivity index (χ0n) is 3.72. The van der Waals surface area contributed by atoms with Gasteiger partial charge >= 0.3 is 17.1 Å². The van der Waals surface area contributed by atoms with Crippen LogP contribution in [0.4, 0.5) is 0 Å². The van der Waals surface area contributed by atoms with Crippen molar-refractivity contribution in [1.82, 2.24) is 0 Å². The monoisotopic (exact) mass is 243 g/mol. The van der Waals surface area contributed by atoms with Crippen molar-refractivity contribution in [1.29, 1.82) is 10.5 Å². The third-order valence-electron chi connectivity index (χ3n) is 0. The first-order valence-electron chi connectivity index (χ1n) is 0.855. The molecule has 0 N–H and O–H groups in total. The van der Waals surface area contributed by atoms with Gasteiger partial charge in [0.05, 0.1) is 0 Å². The van der Waals surface area contributed by atoms with Gasteiger partial charge in [-0.25, -0.2) is 10.5 Å². The van der Waals surface area contributed by atoms with Gasteiger partial charge in [-0.15, -0.1) is 0 Å². The number of hydrogen-bond donors (Lipinski definition) is 0. The van der Waals surface area contributed by atoms with Crippen LogP contribution in [0.2, 0.25) is 0 Å². The second-order valence-electron chi connectivity index (χ2n) is 0.183. The van der Waals surface area contributed by atoms with E-state index < -0.39 is 0 Å². The van der Waals surface area contributed by atoms with Crippen LogP contribution in [0.15, 0.2) is 0 Å². The van der Waals surface area contributed by atoms with E-state index in [1.54, 1.807) is 0 Å². The molecule has 0 aromatic heterocycles. The van der Waals surface area contributed by atoms with Gasteiger partial charge in [-0.2, -0.15) is 0 Å². The molecule has 0 amide bonds. The molecule has 0 spiro atoms. The predicted octanol–water partition coefficient (Wildman–Crippen LogP) is 0.0238. The van der Waals surface area contributed by atoms with Crippen molar-refractivity contribution in [3.8, 4) is 10.8 Å². The van der Waals surface area contributed by atoms with E-state index >= 15 is 0 Å². The molecule has 0 aromatic carbocycles. The molecule has 2 nitrogen and oxygen atoms in total. The standard InChI is InChI=1S/2CHNS.Cu.Zn/c2*2-1-3;;/h2*3H;;/q;;+2;/p-2. The Labute approximate surface area is 82.7 Å². The van der Waals surface area contributed by atoms with Crippen molar-refractivity contribution in [3.63, 3.8) is 0 Å². The van der Waals surface area contributed by atoms with Crippen LogP contribution in [0.5, 0.6) is 0 Å². The molecular weight excluding hydrogens is 245 g/mol. The fraction of sp³-hybridized carbons (Fsp3) is 0. The van der Waals surface area contributed by atoms with Gasteiger partial charge in [0.2, 0.25) is 0 Å². The first-order chi connectivity index (χ1) is 2.83. The fourth-order valence-corrected chi connectivity index (χ4v) is 0. The van der Waals surface area contributed by atoms with Crippen molar-refractivity contribution < 1.29 is 36.5 Å². The summed E-state index contributed by atoms with van der Waals surface area (Å²) >= 11 is 7.40. The van der Waals surface area contributed by atoms with Gasteiger partial charge in [-0.1, -0.05) is 10.8 Å². The Bertz CT molecular complexity index is 73.0. The molecule has 0 saturated heterocycles. The molecule has 43 valence electrons. The minimum Gasteiger partial charge on any atom is -0.696 e. The first kappa shape index (κ1) is 23.5. The van der Waals surface area contributed by atoms with Gasteiger partial charge in [0.1, 0.15) is 0 Å². The van der Waals surface area contributed by atoms with E-state index in [9.17, 15) is 0 Å². The van der Waals surface area contributed by atoms with Crippen molar-refractivity contribution in [2.24, 2.45) is 0 Å². The van der Waals surface area contributed by atoms with Crippen LogP contribution in [-0.4, -0.2) is 0 Å². The molecule has 1 radical (unpaired) electrons. The van der Waals surface area contributed by atoms with Crippen molar-refractivity contribution in [2.45, 2.75) is 0 Å². The maximum Gasteiger partial charge on any atom is 2.00 e. The van der Waals surface area contributed by atoms with Crippen LogP contribution in [-0.2, 0) is 61.8 Å². The van der Waals surface area contributed by atoms with Crippen LogP contribution < -0.4 is 0 Å². The summed E-state index contributed by atoms with van der Waals surface area (Å²) in [6.45, 7) is 0. The summed E-state index contributed by atoms with van der Waals surface area (Å²) in [6, 6.07) is 0. The zero-order valence-corrected chi connectivity index (χ0v) is 9.26. The van der Waals surface area contributed by atoms with E-state index in [1.165, 1.54) is 10.8 Å². The van der Waals surface area contributed by atoms with Gasteiger partial charge in [-0.05, 0) is 0 Å². The van der Waals surface area contributed by atoms with Crippen molar-refractivity contribution in [3.05, 3.63) is 0 Å². The average molecular weight is 245 g/mol. The van der Waals surface area contributed by atoms with Gasteiger partial charge in [-0.3, -0.25) is 0 Å². The van der Waals surface area contributed by atoms with Crippen LogP contribution in [0.1, 0.15) is 0 Å². The number of thiocyanates is 2. The Balaban J connectivity index is -0.0000000160. The summed E-state index contributed by atoms with van der Waals surface area (Å²) < 4.78 is 0. The molecule has 0 aromatic rings. The molecule has 0 rings (SSSR count). The number of hydrogen-bond acceptors (Lipinski definition) is 4. The Morgan fingerprint density at radius 1 is 1.00 bits per heavy atom. The summed E-state index contributed by atoms with van der Waals surface area (Å²) in [5.41, 5.74) is 0. The number of nitriles is 2. The number of nitrogens with zero attached hydrogens (tertiary/aromatic N) is 2. The van der Waals surface area contributed by atoms with E-state index in [-0.39, 0.29) is 36.5 Å². The predicted molar refractivity (Wildman–Crippen MR) is 26.0 cm³/mol. The molecule has 0 unspecified atom stereocenters. The Morgan fingerprint density at radius 3 is 1.00 bits per heavy atom. The SMILES string of the molecule is N#C[S-].N#C[S-].[Cu+2].[Zn]. The molecule has 0 heterocycles. The van der Waals surface area contributed by atoms with Gasteiger partial charge < -0.3 is 25.3 Å². The largest absolute Gasteiger partial charge is 2.00 e. The molecule has 0 saturated carbocycles. The Kier molecular flexibility index (Phi) is 146. The fourth-order valence-electron chi connectivity index (χ4n) is 0. The van der Waals surface area contributed by atoms with Crippen LogP contribution in [0, 0.1) is 21.3 Å². The normalized spacial score (nSPS) is 1.75. The van der Waals surface area contributed by atoms with Gasteiger partial charge in [0.15, 0.2) is 0 Å². The summed E-state index contributed by atoms with van der Waals surface area (Å²) in [6.07, 6.45) is 0. The molecular formula is C2CuN2S2Zn. The topological polar surface area (TPSA) is 47.6 Å². The first-order valence-corrected chi connectivity index (χ1v) is 1.67. The zero-order chi connectivity index (χ0) is 5.41. The average Bonchev–Trinajstić information content (AvgIpc) is 1.39. The molecule has 0 aliphatic heterocycles. The van der Waals surface area contributed by atoms with E-state index in [2.05, 4.69) is 25.3 Å². The molecule has 0 fully saturated rings. The van der Waals surface area contributed by atoms with Crippen molar-refractivity contribution in [2.75, 3.05) is 0 Å². The minimum atomic E-state index is 0. The summed E-state index contributed by atoms with van der Waals surface area (Å²) in [7, 11) is 0. The van der Waals surface area contributed by atoms with Crippen molar-refractivity contribution >= 4 is 25.3 Å². The van der Waals surface area contributed by atoms with E-state index in [4.69, 9.17) is 10.5 Å². The third kappa shape index (κ3) is 641. The Morgan fingerprint density at radius 2 is 1.00 bits per heavy atom. The van der Waals surface area contributed by atoms with Crippen LogP contribution in [0.3, 0.4) is 0 Å². The number of rotatable bonds is 0. The summed E-state index contributed by atoms with van der Waals surface area (Å²) in [4.78, 5) is 0. The quantitative estimate of drug-likeness (QED) is 0.343. The Hall–Kier alpha value is 0.563. The van der Waals surface area contributed by atoms with Crippen LogP contribution >= 0.6 is 0 Å². The third-order valence-corrected chi connectivity index (χ3v) is 0. The maximum absolute atomic E-state index is 7.13. The smallest absolute Gasteiger partial charge is 0.696 e. The molecule has 6 heteroatoms. The molecule has 0 atom stereocenters. The minimum absolute atomic E-state index is 0. The van der Waals surface area contributed by atoms with Gasteiger partial charge in [0.25, 0.3) is 0 Å². The van der Waals surface area contributed by atoms with E-state index in [0.29, 0.717) is 0 Å². The van der Waals surface area contributed by atoms with Crippen LogP contribution in [0.25, 0.3) is 0 Å². The molecule has 0 aliphatic rings. The molecule has 8 heavy (non-hydrogen) atoms. The summed E-state index contributed by atoms with van der Waals surface area (Å²) in [5.74, 6) is 0. The summed E-state index contributed by atoms with van der Waals surface area (Å²) in [5, 5.41) is 16.9. The molecule has 0 bridgehead atoms. The second kappa shape index (κ2) is 49.6. The van der Waals surface area contributed by atoms with Gasteiger partial charge in [0, 0.05) is 19.5 Å².